The summed E-state index contributed by atoms with van der Waals surface area (Å²) in [7, 11) is 0. The fraction of sp³-hybridized carbons (Fsp3) is 1.00. The fourth-order valence-corrected chi connectivity index (χ4v) is 8.72. The molecule has 4 aliphatic carbocycles. The van der Waals surface area contributed by atoms with Crippen LogP contribution in [-0.2, 0) is 0 Å². The third-order valence-corrected chi connectivity index (χ3v) is 10.7. The Morgan fingerprint density at radius 3 is 2.29 bits per heavy atom. The highest BCUT2D eigenvalue weighted by Gasteiger charge is 2.60. The minimum absolute atomic E-state index is 0.122. The van der Waals surface area contributed by atoms with Crippen LogP contribution < -0.4 is 0 Å². The number of rotatable bonds is 4. The molecule has 9 atom stereocenters. The van der Waals surface area contributed by atoms with Gasteiger partial charge >= 0.3 is 0 Å². The monoisotopic (exact) mass is 390 g/mol. The molecule has 0 aromatic heterocycles. The Balaban J connectivity index is 1.48. The molecular formula is C26H46O2. The summed E-state index contributed by atoms with van der Waals surface area (Å²) < 4.78 is 0. The van der Waals surface area contributed by atoms with E-state index in [1.165, 1.54) is 51.4 Å². The Morgan fingerprint density at radius 1 is 0.857 bits per heavy atom. The average Bonchev–Trinajstić information content (AvgIpc) is 2.96. The minimum atomic E-state index is -0.421. The molecule has 0 bridgehead atoms. The molecule has 4 fully saturated rings. The van der Waals surface area contributed by atoms with Crippen molar-refractivity contribution < 1.29 is 10.2 Å². The van der Waals surface area contributed by atoms with Gasteiger partial charge in [-0.15, -0.1) is 0 Å². The maximum atomic E-state index is 10.7. The highest BCUT2D eigenvalue weighted by Crippen LogP contribution is 2.68. The lowest BCUT2D eigenvalue weighted by Crippen LogP contribution is -2.55. The van der Waals surface area contributed by atoms with Crippen molar-refractivity contribution in [3.63, 3.8) is 0 Å². The first-order valence-electron chi connectivity index (χ1n) is 12.5. The minimum Gasteiger partial charge on any atom is -0.393 e. The first-order valence-corrected chi connectivity index (χ1v) is 12.5. The Bertz CT molecular complexity index is 569. The molecular weight excluding hydrogens is 344 g/mol. The molecule has 2 N–H and O–H groups in total. The van der Waals surface area contributed by atoms with Crippen LogP contribution in [0, 0.1) is 46.3 Å². The standard InChI is InChI=1S/C26H46O2/c1-17(2)23(27)11-8-18-7-10-21-20-9-6-19-16-24(3,28)14-15-26(19,5)22(20)12-13-25(18,21)4/h17-23,27-28H,6-16H2,1-5H3/t18-,19+,20?,21?,22?,23?,24+,25-,26?/m1/s1. The van der Waals surface area contributed by atoms with Crippen molar-refractivity contribution in [2.75, 3.05) is 0 Å². The van der Waals surface area contributed by atoms with E-state index in [0.29, 0.717) is 16.7 Å². The highest BCUT2D eigenvalue weighted by molar-refractivity contribution is 5.10. The zero-order valence-electron chi connectivity index (χ0n) is 19.2. The van der Waals surface area contributed by atoms with Crippen LogP contribution in [-0.4, -0.2) is 21.9 Å². The van der Waals surface area contributed by atoms with E-state index in [9.17, 15) is 10.2 Å². The maximum absolute atomic E-state index is 10.7. The van der Waals surface area contributed by atoms with Crippen molar-refractivity contribution in [3.05, 3.63) is 0 Å². The number of hydrogen-bond acceptors (Lipinski definition) is 2. The molecule has 0 spiro atoms. The van der Waals surface area contributed by atoms with E-state index in [1.54, 1.807) is 0 Å². The Labute approximate surface area is 173 Å². The van der Waals surface area contributed by atoms with Gasteiger partial charge in [-0.25, -0.2) is 0 Å². The molecule has 2 heteroatoms. The lowest BCUT2D eigenvalue weighted by molar-refractivity contribution is -0.146. The molecule has 0 saturated heterocycles. The predicted octanol–water partition coefficient (Wildman–Crippen LogP) is 6.19. The van der Waals surface area contributed by atoms with E-state index in [1.807, 2.05) is 0 Å². The van der Waals surface area contributed by atoms with Crippen molar-refractivity contribution in [3.8, 4) is 0 Å². The second-order valence-corrected chi connectivity index (χ2v) is 12.6. The first kappa shape index (κ1) is 21.2. The van der Waals surface area contributed by atoms with Gasteiger partial charge in [-0.3, -0.25) is 0 Å². The average molecular weight is 391 g/mol. The summed E-state index contributed by atoms with van der Waals surface area (Å²) in [5.74, 6) is 4.67. The number of aliphatic hydroxyl groups excluding tert-OH is 1. The Morgan fingerprint density at radius 2 is 1.57 bits per heavy atom. The summed E-state index contributed by atoms with van der Waals surface area (Å²) in [4.78, 5) is 0. The Kier molecular flexibility index (Phi) is 5.49. The molecule has 4 aliphatic rings. The van der Waals surface area contributed by atoms with Gasteiger partial charge in [-0.1, -0.05) is 27.7 Å². The van der Waals surface area contributed by atoms with Gasteiger partial charge in [0, 0.05) is 0 Å². The molecule has 0 aromatic rings. The van der Waals surface area contributed by atoms with Gasteiger partial charge in [0.2, 0.25) is 0 Å². The highest BCUT2D eigenvalue weighted by atomic mass is 16.3. The van der Waals surface area contributed by atoms with E-state index in [0.717, 1.165) is 48.9 Å². The Hall–Kier alpha value is -0.0800. The van der Waals surface area contributed by atoms with Crippen LogP contribution in [0.15, 0.2) is 0 Å². The van der Waals surface area contributed by atoms with E-state index >= 15 is 0 Å². The molecule has 0 heterocycles. The van der Waals surface area contributed by atoms with Gasteiger partial charge in [0.05, 0.1) is 11.7 Å². The maximum Gasteiger partial charge on any atom is 0.0622 e. The zero-order chi connectivity index (χ0) is 20.3. The van der Waals surface area contributed by atoms with Crippen LogP contribution >= 0.6 is 0 Å². The number of hydrogen-bond donors (Lipinski definition) is 2. The van der Waals surface area contributed by atoms with Crippen molar-refractivity contribution >= 4 is 0 Å². The molecule has 0 aromatic carbocycles. The van der Waals surface area contributed by atoms with Crippen LogP contribution in [0.2, 0.25) is 0 Å². The van der Waals surface area contributed by atoms with Crippen LogP contribution in [0.4, 0.5) is 0 Å². The molecule has 0 amide bonds. The zero-order valence-corrected chi connectivity index (χ0v) is 19.2. The molecule has 4 saturated carbocycles. The smallest absolute Gasteiger partial charge is 0.0622 e. The summed E-state index contributed by atoms with van der Waals surface area (Å²) in [6.07, 6.45) is 13.8. The molecule has 2 nitrogen and oxygen atoms in total. The van der Waals surface area contributed by atoms with Gasteiger partial charge in [-0.05, 0) is 124 Å². The van der Waals surface area contributed by atoms with E-state index in [2.05, 4.69) is 34.6 Å². The van der Waals surface area contributed by atoms with Gasteiger partial charge < -0.3 is 10.2 Å². The molecule has 162 valence electrons. The summed E-state index contributed by atoms with van der Waals surface area (Å²) in [5, 5.41) is 21.0. The summed E-state index contributed by atoms with van der Waals surface area (Å²) >= 11 is 0. The number of aliphatic hydroxyl groups is 2. The number of fused-ring (bicyclic) bond motifs is 5. The second kappa shape index (κ2) is 7.26. The van der Waals surface area contributed by atoms with Gasteiger partial charge in [0.25, 0.3) is 0 Å². The van der Waals surface area contributed by atoms with Crippen molar-refractivity contribution in [2.45, 2.75) is 117 Å². The van der Waals surface area contributed by atoms with Gasteiger partial charge in [0.15, 0.2) is 0 Å². The lowest BCUT2D eigenvalue weighted by Gasteiger charge is -2.62. The molecule has 5 unspecified atom stereocenters. The second-order valence-electron chi connectivity index (χ2n) is 12.6. The van der Waals surface area contributed by atoms with Crippen molar-refractivity contribution in [1.82, 2.24) is 0 Å². The third-order valence-electron chi connectivity index (χ3n) is 10.7. The normalized spacial score (nSPS) is 52.1. The van der Waals surface area contributed by atoms with Gasteiger partial charge in [-0.2, -0.15) is 0 Å². The van der Waals surface area contributed by atoms with Crippen LogP contribution in [0.3, 0.4) is 0 Å². The first-order chi connectivity index (χ1) is 13.1. The van der Waals surface area contributed by atoms with Crippen LogP contribution in [0.1, 0.15) is 105 Å². The van der Waals surface area contributed by atoms with Crippen molar-refractivity contribution in [1.29, 1.82) is 0 Å². The molecule has 0 aliphatic heterocycles. The van der Waals surface area contributed by atoms with E-state index < -0.39 is 5.60 Å². The summed E-state index contributed by atoms with van der Waals surface area (Å²) in [6, 6.07) is 0. The van der Waals surface area contributed by atoms with Crippen molar-refractivity contribution in [2.24, 2.45) is 46.3 Å². The van der Waals surface area contributed by atoms with Gasteiger partial charge in [0.1, 0.15) is 0 Å². The summed E-state index contributed by atoms with van der Waals surface area (Å²) in [6.45, 7) is 11.6. The summed E-state index contributed by atoms with van der Waals surface area (Å²) in [5.41, 5.74) is 0.565. The SMILES string of the molecule is CC(C)C(O)CC[C@H]1CCC2C3CC[C@H]4C[C@@](C)(O)CCC4(C)C3CC[C@@]21C. The topological polar surface area (TPSA) is 40.5 Å². The third kappa shape index (κ3) is 3.39. The molecule has 0 radical (unpaired) electrons. The van der Waals surface area contributed by atoms with Crippen LogP contribution in [0.5, 0.6) is 0 Å². The largest absolute Gasteiger partial charge is 0.393 e. The fourth-order valence-electron chi connectivity index (χ4n) is 8.72. The molecule has 28 heavy (non-hydrogen) atoms. The quantitative estimate of drug-likeness (QED) is 0.600. The lowest BCUT2D eigenvalue weighted by atomic mass is 9.44. The predicted molar refractivity (Wildman–Crippen MR) is 116 cm³/mol. The molecule has 4 rings (SSSR count). The van der Waals surface area contributed by atoms with E-state index in [-0.39, 0.29) is 6.10 Å². The van der Waals surface area contributed by atoms with E-state index in [4.69, 9.17) is 0 Å². The van der Waals surface area contributed by atoms with Crippen LogP contribution in [0.25, 0.3) is 0 Å².